The van der Waals surface area contributed by atoms with Crippen LogP contribution in [0.4, 0.5) is 0 Å². The third-order valence-corrected chi connectivity index (χ3v) is 2.28. The number of hydrogen-bond donors (Lipinski definition) is 1. The van der Waals surface area contributed by atoms with Crippen molar-refractivity contribution >= 4 is 22.2 Å². The summed E-state index contributed by atoms with van der Waals surface area (Å²) >= 11 is 2.68. The molecule has 11 heavy (non-hydrogen) atoms. The summed E-state index contributed by atoms with van der Waals surface area (Å²) in [7, 11) is 0. The van der Waals surface area contributed by atoms with E-state index < -0.39 is 0 Å². The number of rotatable bonds is 2. The lowest BCUT2D eigenvalue weighted by molar-refractivity contribution is -0.131. The molecule has 0 heterocycles. The first-order valence-corrected chi connectivity index (χ1v) is 4.57. The van der Waals surface area contributed by atoms with Gasteiger partial charge in [-0.15, -0.1) is 0 Å². The summed E-state index contributed by atoms with van der Waals surface area (Å²) in [6, 6.07) is 0. The molecule has 1 amide bonds. The van der Waals surface area contributed by atoms with Crippen LogP contribution in [-0.4, -0.2) is 5.91 Å². The Bertz CT molecular complexity index is 134. The lowest BCUT2D eigenvalue weighted by Crippen LogP contribution is -2.29. The second-order valence-corrected chi connectivity index (χ2v) is 3.20. The van der Waals surface area contributed by atoms with E-state index in [0.717, 1.165) is 12.8 Å². The predicted molar refractivity (Wildman–Crippen MR) is 44.7 cm³/mol. The zero-order valence-electron chi connectivity index (χ0n) is 6.31. The monoisotopic (exact) mass is 221 g/mol. The van der Waals surface area contributed by atoms with Crippen molar-refractivity contribution < 1.29 is 8.72 Å². The lowest BCUT2D eigenvalue weighted by atomic mass is 9.89. The van der Waals surface area contributed by atoms with Crippen LogP contribution in [0.2, 0.25) is 0 Å². The molecule has 0 radical (unpaired) electrons. The molecule has 1 N–H and O–H groups in total. The van der Waals surface area contributed by atoms with Gasteiger partial charge in [0, 0.05) is 5.92 Å². The van der Waals surface area contributed by atoms with Gasteiger partial charge in [0.15, 0.2) is 0 Å². The van der Waals surface area contributed by atoms with Crippen LogP contribution in [0.3, 0.4) is 0 Å². The average molecular weight is 222 g/mol. The first kappa shape index (κ1) is 9.00. The Hall–Kier alpha value is -0.0900. The molecule has 64 valence electrons. The van der Waals surface area contributed by atoms with Crippen molar-refractivity contribution in [3.63, 3.8) is 0 Å². The van der Waals surface area contributed by atoms with Gasteiger partial charge in [-0.1, -0.05) is 19.3 Å². The maximum absolute atomic E-state index is 11.1. The van der Waals surface area contributed by atoms with Crippen LogP contribution in [0, 0.1) is 5.92 Å². The number of nitrogens with one attached hydrogen (secondary N) is 1. The summed E-state index contributed by atoms with van der Waals surface area (Å²) in [5.74, 6) is 0.169. The average Bonchev–Trinajstić information content (AvgIpc) is 2.07. The van der Waals surface area contributed by atoms with Crippen LogP contribution in [0.25, 0.3) is 0 Å². The van der Waals surface area contributed by atoms with Crippen molar-refractivity contribution in [2.75, 3.05) is 0 Å². The van der Waals surface area contributed by atoms with E-state index in [9.17, 15) is 4.79 Å². The third-order valence-electron chi connectivity index (χ3n) is 2.12. The Morgan fingerprint density at radius 1 is 1.36 bits per heavy atom. The fourth-order valence-electron chi connectivity index (χ4n) is 1.49. The van der Waals surface area contributed by atoms with Crippen molar-refractivity contribution in [2.45, 2.75) is 32.1 Å². The van der Waals surface area contributed by atoms with Crippen LogP contribution in [-0.2, 0) is 8.72 Å². The van der Waals surface area contributed by atoms with Crippen molar-refractivity contribution in [1.29, 1.82) is 0 Å². The normalized spacial score (nSPS) is 19.7. The quantitative estimate of drug-likeness (QED) is 0.725. The number of carbonyl (C=O) groups is 1. The smallest absolute Gasteiger partial charge is 0.247 e. The van der Waals surface area contributed by atoms with Crippen LogP contribution in [0.1, 0.15) is 32.1 Å². The number of hydrogen-bond acceptors (Lipinski definition) is 2. The van der Waals surface area contributed by atoms with E-state index >= 15 is 0 Å². The highest BCUT2D eigenvalue weighted by molar-refractivity contribution is 9.05. The summed E-state index contributed by atoms with van der Waals surface area (Å²) in [4.78, 5) is 11.1. The van der Waals surface area contributed by atoms with Crippen LogP contribution in [0.5, 0.6) is 0 Å². The van der Waals surface area contributed by atoms with E-state index in [2.05, 4.69) is 25.7 Å². The number of amides is 1. The topological polar surface area (TPSA) is 38.3 Å². The molecule has 1 aliphatic rings. The summed E-state index contributed by atoms with van der Waals surface area (Å²) < 4.78 is 4.37. The molecule has 0 bridgehead atoms. The molecule has 0 unspecified atom stereocenters. The van der Waals surface area contributed by atoms with Gasteiger partial charge in [-0.3, -0.25) is 4.79 Å². The first-order valence-electron chi connectivity index (χ1n) is 3.92. The van der Waals surface area contributed by atoms with Gasteiger partial charge in [0.2, 0.25) is 5.91 Å². The van der Waals surface area contributed by atoms with Crippen molar-refractivity contribution in [3.8, 4) is 0 Å². The van der Waals surface area contributed by atoms with E-state index in [0.29, 0.717) is 0 Å². The fourth-order valence-corrected chi connectivity index (χ4v) is 1.65. The Balaban J connectivity index is 2.27. The molecule has 0 spiro atoms. The maximum Gasteiger partial charge on any atom is 0.247 e. The molecule has 0 aromatic carbocycles. The minimum absolute atomic E-state index is 0.00146. The van der Waals surface area contributed by atoms with Gasteiger partial charge in [0.05, 0.1) is 0 Å². The van der Waals surface area contributed by atoms with Gasteiger partial charge in [0.25, 0.3) is 0 Å². The molecule has 1 rings (SSSR count). The zero-order valence-corrected chi connectivity index (χ0v) is 7.89. The van der Waals surface area contributed by atoms with Crippen molar-refractivity contribution in [1.82, 2.24) is 5.48 Å². The van der Waals surface area contributed by atoms with Gasteiger partial charge in [-0.2, -0.15) is 3.93 Å². The van der Waals surface area contributed by atoms with Gasteiger partial charge in [-0.25, -0.2) is 5.48 Å². The van der Waals surface area contributed by atoms with E-state index in [1.165, 1.54) is 19.3 Å². The Morgan fingerprint density at radius 2 is 2.00 bits per heavy atom. The molecule has 1 saturated carbocycles. The molecule has 0 atom stereocenters. The van der Waals surface area contributed by atoms with E-state index in [1.807, 2.05) is 0 Å². The maximum atomic E-state index is 11.1. The lowest BCUT2D eigenvalue weighted by Gasteiger charge is -2.19. The standard InChI is InChI=1S/C7H12BrNO2/c8-11-9-7(10)6-4-2-1-3-5-6/h6H,1-5H2,(H,9,10). The van der Waals surface area contributed by atoms with Gasteiger partial charge in [0.1, 0.15) is 16.3 Å². The molecular weight excluding hydrogens is 210 g/mol. The highest BCUT2D eigenvalue weighted by Gasteiger charge is 2.20. The number of carbonyl (C=O) groups excluding carboxylic acids is 1. The van der Waals surface area contributed by atoms with E-state index in [1.54, 1.807) is 0 Å². The second kappa shape index (κ2) is 4.72. The van der Waals surface area contributed by atoms with E-state index in [-0.39, 0.29) is 11.8 Å². The molecule has 0 aliphatic heterocycles. The molecule has 0 saturated heterocycles. The van der Waals surface area contributed by atoms with Crippen LogP contribution < -0.4 is 5.48 Å². The van der Waals surface area contributed by atoms with Crippen molar-refractivity contribution in [2.24, 2.45) is 5.92 Å². The fraction of sp³-hybridized carbons (Fsp3) is 0.857. The molecule has 0 aromatic rings. The molecule has 3 nitrogen and oxygen atoms in total. The number of hydroxylamine groups is 1. The molecule has 1 aliphatic carbocycles. The summed E-state index contributed by atoms with van der Waals surface area (Å²) in [6.45, 7) is 0. The Kier molecular flexibility index (Phi) is 3.86. The molecule has 0 aromatic heterocycles. The summed E-state index contributed by atoms with van der Waals surface area (Å²) in [5, 5.41) is 0. The minimum Gasteiger partial charge on any atom is -0.272 e. The molecule has 4 heteroatoms. The zero-order chi connectivity index (χ0) is 8.10. The first-order chi connectivity index (χ1) is 5.34. The van der Waals surface area contributed by atoms with Gasteiger partial charge < -0.3 is 0 Å². The van der Waals surface area contributed by atoms with Gasteiger partial charge in [-0.05, 0) is 12.8 Å². The van der Waals surface area contributed by atoms with Crippen molar-refractivity contribution in [3.05, 3.63) is 0 Å². The predicted octanol–water partition coefficient (Wildman–Crippen LogP) is 1.92. The largest absolute Gasteiger partial charge is 0.272 e. The Labute approximate surface area is 74.9 Å². The van der Waals surface area contributed by atoms with E-state index in [4.69, 9.17) is 0 Å². The molecular formula is C7H12BrNO2. The highest BCUT2D eigenvalue weighted by atomic mass is 79.9. The summed E-state index contributed by atoms with van der Waals surface area (Å²) in [5.41, 5.74) is 2.29. The second-order valence-electron chi connectivity index (χ2n) is 2.88. The van der Waals surface area contributed by atoms with Crippen LogP contribution >= 0.6 is 16.3 Å². The number of halogens is 1. The van der Waals surface area contributed by atoms with Crippen LogP contribution in [0.15, 0.2) is 0 Å². The van der Waals surface area contributed by atoms with Gasteiger partial charge >= 0.3 is 0 Å². The Morgan fingerprint density at radius 3 is 2.55 bits per heavy atom. The SMILES string of the molecule is O=C(NOBr)C1CCCCC1. The minimum atomic E-state index is 0.00146. The third kappa shape index (κ3) is 2.79. The summed E-state index contributed by atoms with van der Waals surface area (Å²) in [6.07, 6.45) is 5.60. The highest BCUT2D eigenvalue weighted by Crippen LogP contribution is 2.23. The molecule has 1 fully saturated rings.